The van der Waals surface area contributed by atoms with E-state index < -0.39 is 0 Å². The Morgan fingerprint density at radius 3 is 2.71 bits per heavy atom. The number of ether oxygens (including phenoxy) is 2. The third-order valence-corrected chi connectivity index (χ3v) is 2.71. The van der Waals surface area contributed by atoms with Crippen LogP contribution in [0.1, 0.15) is 5.69 Å². The van der Waals surface area contributed by atoms with Crippen LogP contribution in [0.3, 0.4) is 0 Å². The lowest BCUT2D eigenvalue weighted by Crippen LogP contribution is -2.22. The molecule has 8 nitrogen and oxygen atoms in total. The fraction of sp³-hybridized carbons (Fsp3) is 0.308. The Labute approximate surface area is 122 Å². The van der Waals surface area contributed by atoms with Crippen molar-refractivity contribution in [1.29, 1.82) is 0 Å². The third-order valence-electron chi connectivity index (χ3n) is 2.71. The quantitative estimate of drug-likeness (QED) is 0.623. The standard InChI is InChI=1S/C13H18N6O2/c1-19-16-8-10(18-19)7-15-13(14)17-9-4-5-11(20-2)12(6-9)21-3/h4-6,8H,7H2,1-3H3,(H3,14,15,17). The molecular formula is C13H18N6O2. The number of nitrogens with one attached hydrogen (secondary N) is 1. The molecule has 1 aromatic heterocycles. The number of guanidine groups is 1. The summed E-state index contributed by atoms with van der Waals surface area (Å²) in [6.07, 6.45) is 1.65. The second-order valence-corrected chi connectivity index (χ2v) is 4.22. The van der Waals surface area contributed by atoms with Crippen molar-refractivity contribution in [3.8, 4) is 11.5 Å². The van der Waals surface area contributed by atoms with Crippen LogP contribution in [-0.4, -0.2) is 35.2 Å². The van der Waals surface area contributed by atoms with Gasteiger partial charge in [-0.15, -0.1) is 0 Å². The molecular weight excluding hydrogens is 272 g/mol. The summed E-state index contributed by atoms with van der Waals surface area (Å²) in [5.41, 5.74) is 7.34. The molecule has 0 amide bonds. The third kappa shape index (κ3) is 3.85. The Kier molecular flexibility index (Phi) is 4.60. The second-order valence-electron chi connectivity index (χ2n) is 4.22. The van der Waals surface area contributed by atoms with Gasteiger partial charge in [0, 0.05) is 18.8 Å². The highest BCUT2D eigenvalue weighted by Gasteiger charge is 2.05. The van der Waals surface area contributed by atoms with Crippen molar-refractivity contribution in [2.75, 3.05) is 19.5 Å². The molecule has 2 aromatic rings. The second kappa shape index (κ2) is 6.60. The van der Waals surface area contributed by atoms with Gasteiger partial charge in [-0.2, -0.15) is 15.0 Å². The highest BCUT2D eigenvalue weighted by atomic mass is 16.5. The largest absolute Gasteiger partial charge is 0.493 e. The first kappa shape index (κ1) is 14.6. The summed E-state index contributed by atoms with van der Waals surface area (Å²) in [6.45, 7) is 0.361. The molecule has 0 bridgehead atoms. The van der Waals surface area contributed by atoms with Gasteiger partial charge in [-0.1, -0.05) is 0 Å². The predicted octanol–water partition coefficient (Wildman–Crippen LogP) is 0.759. The lowest BCUT2D eigenvalue weighted by atomic mass is 10.3. The van der Waals surface area contributed by atoms with E-state index in [4.69, 9.17) is 15.2 Å². The van der Waals surface area contributed by atoms with E-state index in [-0.39, 0.29) is 5.96 Å². The van der Waals surface area contributed by atoms with Crippen molar-refractivity contribution in [2.24, 2.45) is 17.8 Å². The lowest BCUT2D eigenvalue weighted by molar-refractivity contribution is 0.355. The zero-order valence-electron chi connectivity index (χ0n) is 12.2. The SMILES string of the molecule is COc1ccc(NC(N)=NCc2cnn(C)n2)cc1OC. The van der Waals surface area contributed by atoms with Crippen molar-refractivity contribution in [3.05, 3.63) is 30.1 Å². The molecule has 8 heteroatoms. The molecule has 0 aliphatic rings. The van der Waals surface area contributed by atoms with Crippen LogP contribution in [0.2, 0.25) is 0 Å². The van der Waals surface area contributed by atoms with Crippen molar-refractivity contribution < 1.29 is 9.47 Å². The summed E-state index contributed by atoms with van der Waals surface area (Å²) in [5.74, 6) is 1.55. The number of nitrogens with zero attached hydrogens (tertiary/aromatic N) is 4. The molecule has 0 saturated carbocycles. The van der Waals surface area contributed by atoms with Gasteiger partial charge in [-0.3, -0.25) is 0 Å². The van der Waals surface area contributed by atoms with Gasteiger partial charge in [0.05, 0.1) is 27.0 Å². The van der Waals surface area contributed by atoms with Crippen LogP contribution in [0.4, 0.5) is 5.69 Å². The van der Waals surface area contributed by atoms with Gasteiger partial charge in [0.2, 0.25) is 0 Å². The van der Waals surface area contributed by atoms with E-state index in [1.54, 1.807) is 39.6 Å². The van der Waals surface area contributed by atoms with Gasteiger partial charge in [-0.05, 0) is 12.1 Å². The number of aryl methyl sites for hydroxylation is 1. The number of nitrogens with two attached hydrogens (primary N) is 1. The molecule has 0 aliphatic carbocycles. The smallest absolute Gasteiger partial charge is 0.193 e. The van der Waals surface area contributed by atoms with E-state index in [1.807, 2.05) is 6.07 Å². The van der Waals surface area contributed by atoms with E-state index >= 15 is 0 Å². The molecule has 1 aromatic carbocycles. The maximum Gasteiger partial charge on any atom is 0.193 e. The van der Waals surface area contributed by atoms with Crippen molar-refractivity contribution in [3.63, 3.8) is 0 Å². The predicted molar refractivity (Wildman–Crippen MR) is 79.5 cm³/mol. The van der Waals surface area contributed by atoms with Gasteiger partial charge in [0.1, 0.15) is 5.69 Å². The van der Waals surface area contributed by atoms with E-state index in [0.29, 0.717) is 18.0 Å². The maximum atomic E-state index is 5.83. The molecule has 0 unspecified atom stereocenters. The van der Waals surface area contributed by atoms with Crippen LogP contribution in [-0.2, 0) is 13.6 Å². The van der Waals surface area contributed by atoms with E-state index in [0.717, 1.165) is 11.4 Å². The molecule has 112 valence electrons. The summed E-state index contributed by atoms with van der Waals surface area (Å²) in [6, 6.07) is 5.40. The average molecular weight is 290 g/mol. The first-order chi connectivity index (χ1) is 10.1. The summed E-state index contributed by atoms with van der Waals surface area (Å²) in [5, 5.41) is 11.1. The van der Waals surface area contributed by atoms with E-state index in [1.165, 1.54) is 4.80 Å². The summed E-state index contributed by atoms with van der Waals surface area (Å²) in [4.78, 5) is 5.67. The van der Waals surface area contributed by atoms with Gasteiger partial charge >= 0.3 is 0 Å². The fourth-order valence-corrected chi connectivity index (χ4v) is 1.73. The Bertz CT molecular complexity index is 637. The topological polar surface area (TPSA) is 99.6 Å². The number of hydrogen-bond donors (Lipinski definition) is 2. The van der Waals surface area contributed by atoms with E-state index in [9.17, 15) is 0 Å². The monoisotopic (exact) mass is 290 g/mol. The molecule has 3 N–H and O–H groups in total. The number of rotatable bonds is 5. The Morgan fingerprint density at radius 1 is 1.33 bits per heavy atom. The van der Waals surface area contributed by atoms with Crippen molar-refractivity contribution in [1.82, 2.24) is 15.0 Å². The summed E-state index contributed by atoms with van der Waals surface area (Å²) in [7, 11) is 4.91. The molecule has 1 heterocycles. The number of methoxy groups -OCH3 is 2. The molecule has 0 radical (unpaired) electrons. The molecule has 0 atom stereocenters. The highest BCUT2D eigenvalue weighted by molar-refractivity contribution is 5.92. The molecule has 0 spiro atoms. The Morgan fingerprint density at radius 2 is 2.10 bits per heavy atom. The van der Waals surface area contributed by atoms with E-state index in [2.05, 4.69) is 20.5 Å². The first-order valence-electron chi connectivity index (χ1n) is 6.26. The minimum absolute atomic E-state index is 0.285. The molecule has 0 saturated heterocycles. The van der Waals surface area contributed by atoms with Gasteiger partial charge in [0.25, 0.3) is 0 Å². The Balaban J connectivity index is 2.03. The van der Waals surface area contributed by atoms with Crippen LogP contribution < -0.4 is 20.5 Å². The first-order valence-corrected chi connectivity index (χ1v) is 6.26. The molecule has 0 fully saturated rings. The van der Waals surface area contributed by atoms with Crippen LogP contribution in [0.25, 0.3) is 0 Å². The highest BCUT2D eigenvalue weighted by Crippen LogP contribution is 2.29. The fourth-order valence-electron chi connectivity index (χ4n) is 1.73. The van der Waals surface area contributed by atoms with Crippen LogP contribution in [0.15, 0.2) is 29.4 Å². The van der Waals surface area contributed by atoms with Crippen LogP contribution in [0.5, 0.6) is 11.5 Å². The van der Waals surface area contributed by atoms with Crippen molar-refractivity contribution >= 4 is 11.6 Å². The summed E-state index contributed by atoms with van der Waals surface area (Å²) >= 11 is 0. The van der Waals surface area contributed by atoms with Crippen LogP contribution in [0, 0.1) is 0 Å². The molecule has 2 rings (SSSR count). The maximum absolute atomic E-state index is 5.83. The van der Waals surface area contributed by atoms with Crippen LogP contribution >= 0.6 is 0 Å². The summed E-state index contributed by atoms with van der Waals surface area (Å²) < 4.78 is 10.4. The Hall–Kier alpha value is -2.77. The normalized spacial score (nSPS) is 11.3. The lowest BCUT2D eigenvalue weighted by Gasteiger charge is -2.10. The number of benzene rings is 1. The zero-order valence-corrected chi connectivity index (χ0v) is 12.2. The molecule has 21 heavy (non-hydrogen) atoms. The minimum Gasteiger partial charge on any atom is -0.493 e. The number of anilines is 1. The van der Waals surface area contributed by atoms with Crippen molar-refractivity contribution in [2.45, 2.75) is 6.54 Å². The number of aliphatic imine (C=N–C) groups is 1. The van der Waals surface area contributed by atoms with Gasteiger partial charge in [-0.25, -0.2) is 4.99 Å². The average Bonchev–Trinajstić information content (AvgIpc) is 2.90. The zero-order chi connectivity index (χ0) is 15.2. The minimum atomic E-state index is 0.285. The van der Waals surface area contributed by atoms with Gasteiger partial charge in [0.15, 0.2) is 17.5 Å². The number of hydrogen-bond acceptors (Lipinski definition) is 5. The number of aromatic nitrogens is 3. The van der Waals surface area contributed by atoms with Gasteiger partial charge < -0.3 is 20.5 Å². The molecule has 0 aliphatic heterocycles.